The molecular formula is C10H22O3. The third-order valence-corrected chi connectivity index (χ3v) is 1.82. The first-order valence-corrected chi connectivity index (χ1v) is 4.73. The van der Waals surface area contributed by atoms with Crippen LogP contribution < -0.4 is 0 Å². The van der Waals surface area contributed by atoms with Crippen LogP contribution in [0.5, 0.6) is 0 Å². The van der Waals surface area contributed by atoms with Crippen LogP contribution in [0.25, 0.3) is 0 Å². The number of aliphatic hydroxyl groups excluding tert-OH is 1. The van der Waals surface area contributed by atoms with Crippen molar-refractivity contribution in [1.29, 1.82) is 0 Å². The first-order chi connectivity index (χ1) is 5.60. The summed E-state index contributed by atoms with van der Waals surface area (Å²) in [5.41, 5.74) is -1.57. The minimum atomic E-state index is -0.834. The molecule has 0 saturated heterocycles. The van der Waals surface area contributed by atoms with Gasteiger partial charge in [-0.2, -0.15) is 0 Å². The Labute approximate surface area is 80.4 Å². The van der Waals surface area contributed by atoms with E-state index >= 15 is 0 Å². The Hall–Kier alpha value is -0.120. The second-order valence-corrected chi connectivity index (χ2v) is 5.02. The fourth-order valence-corrected chi connectivity index (χ4v) is 1.20. The first-order valence-electron chi connectivity index (χ1n) is 4.73. The Balaban J connectivity index is 3.70. The second kappa shape index (κ2) is 4.40. The Morgan fingerprint density at radius 3 is 1.77 bits per heavy atom. The lowest BCUT2D eigenvalue weighted by Crippen LogP contribution is -2.28. The molecule has 0 amide bonds. The van der Waals surface area contributed by atoms with Crippen LogP contribution in [0, 0.1) is 0 Å². The molecule has 3 N–H and O–H groups in total. The third kappa shape index (κ3) is 9.80. The van der Waals surface area contributed by atoms with Crippen molar-refractivity contribution in [3.63, 3.8) is 0 Å². The summed E-state index contributed by atoms with van der Waals surface area (Å²) in [5, 5.41) is 28.3. The van der Waals surface area contributed by atoms with Crippen LogP contribution in [0.4, 0.5) is 0 Å². The molecule has 0 aliphatic heterocycles. The Morgan fingerprint density at radius 1 is 1.00 bits per heavy atom. The van der Waals surface area contributed by atoms with Gasteiger partial charge in [-0.3, -0.25) is 0 Å². The molecule has 0 fully saturated rings. The summed E-state index contributed by atoms with van der Waals surface area (Å²) in [4.78, 5) is 0. The van der Waals surface area contributed by atoms with Crippen molar-refractivity contribution in [2.75, 3.05) is 0 Å². The summed E-state index contributed by atoms with van der Waals surface area (Å²) in [6, 6.07) is 0. The molecule has 0 aromatic carbocycles. The van der Waals surface area contributed by atoms with Crippen molar-refractivity contribution in [1.82, 2.24) is 0 Å². The third-order valence-electron chi connectivity index (χ3n) is 1.82. The summed E-state index contributed by atoms with van der Waals surface area (Å²) < 4.78 is 0. The molecule has 0 bridgehead atoms. The number of rotatable bonds is 5. The lowest BCUT2D eigenvalue weighted by atomic mass is 9.94. The highest BCUT2D eigenvalue weighted by Crippen LogP contribution is 2.18. The van der Waals surface area contributed by atoms with Crippen molar-refractivity contribution in [3.05, 3.63) is 0 Å². The van der Waals surface area contributed by atoms with Gasteiger partial charge in [0.1, 0.15) is 0 Å². The van der Waals surface area contributed by atoms with Crippen molar-refractivity contribution in [2.45, 2.75) is 64.3 Å². The van der Waals surface area contributed by atoms with Crippen LogP contribution in [0.15, 0.2) is 0 Å². The summed E-state index contributed by atoms with van der Waals surface area (Å²) >= 11 is 0. The van der Waals surface area contributed by atoms with Gasteiger partial charge in [-0.05, 0) is 40.5 Å². The summed E-state index contributed by atoms with van der Waals surface area (Å²) in [6.07, 6.45) is 0.882. The van der Waals surface area contributed by atoms with E-state index in [1.807, 2.05) is 0 Å². The molecule has 0 saturated carbocycles. The highest BCUT2D eigenvalue weighted by Gasteiger charge is 2.21. The summed E-state index contributed by atoms with van der Waals surface area (Å²) in [7, 11) is 0. The average Bonchev–Trinajstić information content (AvgIpc) is 1.78. The SMILES string of the molecule is CC(C)(O)CCC(O)CC(C)(C)O. The minimum Gasteiger partial charge on any atom is -0.393 e. The maximum absolute atomic E-state index is 9.48. The lowest BCUT2D eigenvalue weighted by molar-refractivity contribution is 0.000312. The summed E-state index contributed by atoms with van der Waals surface area (Å²) in [6.45, 7) is 6.76. The fraction of sp³-hybridized carbons (Fsp3) is 1.00. The topological polar surface area (TPSA) is 60.7 Å². The minimum absolute atomic E-state index is 0.350. The van der Waals surface area contributed by atoms with E-state index in [2.05, 4.69) is 0 Å². The van der Waals surface area contributed by atoms with Gasteiger partial charge < -0.3 is 15.3 Å². The van der Waals surface area contributed by atoms with Crippen LogP contribution >= 0.6 is 0 Å². The van der Waals surface area contributed by atoms with E-state index in [0.29, 0.717) is 19.3 Å². The molecule has 1 unspecified atom stereocenters. The van der Waals surface area contributed by atoms with Crippen molar-refractivity contribution >= 4 is 0 Å². The van der Waals surface area contributed by atoms with Crippen LogP contribution in [0.2, 0.25) is 0 Å². The fourth-order valence-electron chi connectivity index (χ4n) is 1.20. The molecule has 80 valence electrons. The van der Waals surface area contributed by atoms with Gasteiger partial charge in [0.15, 0.2) is 0 Å². The molecule has 0 aromatic heterocycles. The Morgan fingerprint density at radius 2 is 1.46 bits per heavy atom. The van der Waals surface area contributed by atoms with Gasteiger partial charge in [-0.25, -0.2) is 0 Å². The van der Waals surface area contributed by atoms with E-state index in [4.69, 9.17) is 0 Å². The van der Waals surface area contributed by atoms with E-state index in [9.17, 15) is 15.3 Å². The van der Waals surface area contributed by atoms with Gasteiger partial charge in [0, 0.05) is 6.42 Å². The number of aliphatic hydroxyl groups is 3. The standard InChI is InChI=1S/C10H22O3/c1-9(2,12)6-5-8(11)7-10(3,4)13/h8,11-13H,5-7H2,1-4H3. The molecule has 0 spiro atoms. The molecule has 3 heteroatoms. The van der Waals surface area contributed by atoms with E-state index in [-0.39, 0.29) is 0 Å². The van der Waals surface area contributed by atoms with E-state index in [1.54, 1.807) is 27.7 Å². The van der Waals surface area contributed by atoms with Gasteiger partial charge in [0.2, 0.25) is 0 Å². The molecule has 0 aliphatic rings. The van der Waals surface area contributed by atoms with Gasteiger partial charge in [-0.1, -0.05) is 0 Å². The Bertz CT molecular complexity index is 141. The number of hydrogen-bond acceptors (Lipinski definition) is 3. The maximum Gasteiger partial charge on any atom is 0.0616 e. The van der Waals surface area contributed by atoms with Crippen LogP contribution in [-0.4, -0.2) is 32.6 Å². The molecular weight excluding hydrogens is 168 g/mol. The Kier molecular flexibility index (Phi) is 4.36. The van der Waals surface area contributed by atoms with Crippen LogP contribution in [0.1, 0.15) is 47.0 Å². The zero-order chi connectivity index (χ0) is 10.7. The smallest absolute Gasteiger partial charge is 0.0616 e. The quantitative estimate of drug-likeness (QED) is 0.607. The normalized spacial score (nSPS) is 15.9. The maximum atomic E-state index is 9.48. The van der Waals surface area contributed by atoms with Crippen molar-refractivity contribution in [3.8, 4) is 0 Å². The van der Waals surface area contributed by atoms with Crippen LogP contribution in [0.3, 0.4) is 0 Å². The van der Waals surface area contributed by atoms with E-state index < -0.39 is 17.3 Å². The lowest BCUT2D eigenvalue weighted by Gasteiger charge is -2.24. The van der Waals surface area contributed by atoms with Crippen molar-refractivity contribution in [2.24, 2.45) is 0 Å². The molecule has 0 aliphatic carbocycles. The molecule has 0 heterocycles. The highest BCUT2D eigenvalue weighted by atomic mass is 16.3. The van der Waals surface area contributed by atoms with Gasteiger partial charge in [0.25, 0.3) is 0 Å². The summed E-state index contributed by atoms with van der Waals surface area (Å²) in [5.74, 6) is 0. The van der Waals surface area contributed by atoms with Gasteiger partial charge >= 0.3 is 0 Å². The largest absolute Gasteiger partial charge is 0.393 e. The molecule has 0 radical (unpaired) electrons. The van der Waals surface area contributed by atoms with Crippen LogP contribution in [-0.2, 0) is 0 Å². The zero-order valence-corrected chi connectivity index (χ0v) is 9.04. The van der Waals surface area contributed by atoms with E-state index in [1.165, 1.54) is 0 Å². The molecule has 0 aromatic rings. The van der Waals surface area contributed by atoms with Gasteiger partial charge in [-0.15, -0.1) is 0 Å². The molecule has 1 atom stereocenters. The predicted octanol–water partition coefficient (Wildman–Crippen LogP) is 1.06. The molecule has 13 heavy (non-hydrogen) atoms. The predicted molar refractivity (Wildman–Crippen MR) is 52.5 cm³/mol. The van der Waals surface area contributed by atoms with Gasteiger partial charge in [0.05, 0.1) is 17.3 Å². The molecule has 0 rings (SSSR count). The second-order valence-electron chi connectivity index (χ2n) is 5.02. The van der Waals surface area contributed by atoms with Crippen molar-refractivity contribution < 1.29 is 15.3 Å². The highest BCUT2D eigenvalue weighted by molar-refractivity contribution is 4.74. The van der Waals surface area contributed by atoms with E-state index in [0.717, 1.165) is 0 Å². The average molecular weight is 190 g/mol. The zero-order valence-electron chi connectivity index (χ0n) is 9.04. The molecule has 3 nitrogen and oxygen atoms in total. The first kappa shape index (κ1) is 12.9. The number of hydrogen-bond donors (Lipinski definition) is 3. The monoisotopic (exact) mass is 190 g/mol.